The van der Waals surface area contributed by atoms with E-state index in [1.54, 1.807) is 25.4 Å². The molecule has 1 atom stereocenters. The quantitative estimate of drug-likeness (QED) is 0.852. The molecule has 0 aliphatic carbocycles. The zero-order chi connectivity index (χ0) is 15.9. The lowest BCUT2D eigenvalue weighted by molar-refractivity contribution is -0.130. The SMILES string of the molecule is COCc1nc(CNC(=O)[C@@H](C)OC)c(-c2ccccc2)s1. The Kier molecular flexibility index (Phi) is 6.06. The van der Waals surface area contributed by atoms with E-state index in [-0.39, 0.29) is 5.91 Å². The molecule has 1 aromatic carbocycles. The van der Waals surface area contributed by atoms with Crippen molar-refractivity contribution in [3.63, 3.8) is 0 Å². The Hall–Kier alpha value is -1.76. The van der Waals surface area contributed by atoms with Gasteiger partial charge in [0.25, 0.3) is 0 Å². The van der Waals surface area contributed by atoms with Gasteiger partial charge >= 0.3 is 0 Å². The van der Waals surface area contributed by atoms with Crippen LogP contribution in [0.2, 0.25) is 0 Å². The van der Waals surface area contributed by atoms with Crippen LogP contribution in [0.3, 0.4) is 0 Å². The van der Waals surface area contributed by atoms with Crippen LogP contribution in [0.15, 0.2) is 30.3 Å². The average molecular weight is 320 g/mol. The van der Waals surface area contributed by atoms with Crippen LogP contribution < -0.4 is 5.32 Å². The lowest BCUT2D eigenvalue weighted by Crippen LogP contribution is -2.33. The molecule has 118 valence electrons. The highest BCUT2D eigenvalue weighted by atomic mass is 32.1. The van der Waals surface area contributed by atoms with Crippen molar-refractivity contribution in [1.29, 1.82) is 0 Å². The summed E-state index contributed by atoms with van der Waals surface area (Å²) < 4.78 is 10.2. The monoisotopic (exact) mass is 320 g/mol. The van der Waals surface area contributed by atoms with Crippen LogP contribution >= 0.6 is 11.3 Å². The van der Waals surface area contributed by atoms with Crippen molar-refractivity contribution in [2.75, 3.05) is 14.2 Å². The third kappa shape index (κ3) is 4.13. The van der Waals surface area contributed by atoms with E-state index >= 15 is 0 Å². The highest BCUT2D eigenvalue weighted by molar-refractivity contribution is 7.15. The van der Waals surface area contributed by atoms with Crippen molar-refractivity contribution in [1.82, 2.24) is 10.3 Å². The molecule has 5 nitrogen and oxygen atoms in total. The Morgan fingerprint density at radius 1 is 1.32 bits per heavy atom. The van der Waals surface area contributed by atoms with Gasteiger partial charge in [-0.15, -0.1) is 11.3 Å². The molecule has 22 heavy (non-hydrogen) atoms. The number of thiazole rings is 1. The standard InChI is InChI=1S/C16H20N2O3S/c1-11(21-3)16(19)17-9-13-15(12-7-5-4-6-8-12)22-14(18-13)10-20-2/h4-8,11H,9-10H2,1-3H3,(H,17,19)/t11-/m1/s1. The van der Waals surface area contributed by atoms with E-state index in [1.165, 1.54) is 7.11 Å². The zero-order valence-electron chi connectivity index (χ0n) is 13.0. The normalized spacial score (nSPS) is 12.1. The molecule has 2 rings (SSSR count). The summed E-state index contributed by atoms with van der Waals surface area (Å²) in [6, 6.07) is 10.0. The first-order valence-corrected chi connectivity index (χ1v) is 7.80. The van der Waals surface area contributed by atoms with Crippen LogP contribution in [0.5, 0.6) is 0 Å². The van der Waals surface area contributed by atoms with Crippen molar-refractivity contribution >= 4 is 17.2 Å². The molecule has 1 aromatic heterocycles. The van der Waals surface area contributed by atoms with Crippen LogP contribution in [0.25, 0.3) is 10.4 Å². The highest BCUT2D eigenvalue weighted by Gasteiger charge is 2.16. The number of ether oxygens (including phenoxy) is 2. The van der Waals surface area contributed by atoms with Crippen molar-refractivity contribution < 1.29 is 14.3 Å². The predicted molar refractivity (Wildman–Crippen MR) is 86.6 cm³/mol. The zero-order valence-corrected chi connectivity index (χ0v) is 13.8. The molecule has 0 radical (unpaired) electrons. The summed E-state index contributed by atoms with van der Waals surface area (Å²) in [7, 11) is 3.16. The Morgan fingerprint density at radius 3 is 2.68 bits per heavy atom. The van der Waals surface area contributed by atoms with E-state index in [4.69, 9.17) is 9.47 Å². The van der Waals surface area contributed by atoms with Gasteiger partial charge in [0, 0.05) is 14.2 Å². The summed E-state index contributed by atoms with van der Waals surface area (Å²) in [5.74, 6) is -0.150. The fourth-order valence-corrected chi connectivity index (χ4v) is 3.00. The number of benzene rings is 1. The Bertz CT molecular complexity index is 613. The van der Waals surface area contributed by atoms with Gasteiger partial charge in [-0.25, -0.2) is 4.98 Å². The maximum atomic E-state index is 11.8. The largest absolute Gasteiger partial charge is 0.378 e. The molecule has 0 saturated heterocycles. The van der Waals surface area contributed by atoms with Gasteiger partial charge in [0.15, 0.2) is 0 Å². The topological polar surface area (TPSA) is 60.5 Å². The number of amides is 1. The highest BCUT2D eigenvalue weighted by Crippen LogP contribution is 2.30. The van der Waals surface area contributed by atoms with E-state index in [0.717, 1.165) is 21.1 Å². The molecule has 0 saturated carbocycles. The first-order valence-electron chi connectivity index (χ1n) is 6.99. The van der Waals surface area contributed by atoms with E-state index in [2.05, 4.69) is 10.3 Å². The van der Waals surface area contributed by atoms with Gasteiger partial charge in [0.05, 0.1) is 23.7 Å². The average Bonchev–Trinajstić information content (AvgIpc) is 2.96. The van der Waals surface area contributed by atoms with Crippen LogP contribution in [0.4, 0.5) is 0 Å². The molecule has 1 amide bonds. The van der Waals surface area contributed by atoms with Gasteiger partial charge < -0.3 is 14.8 Å². The van der Waals surface area contributed by atoms with Crippen molar-refractivity contribution in [3.05, 3.63) is 41.0 Å². The summed E-state index contributed by atoms with van der Waals surface area (Å²) >= 11 is 1.58. The predicted octanol–water partition coefficient (Wildman–Crippen LogP) is 2.61. The van der Waals surface area contributed by atoms with E-state index < -0.39 is 6.10 Å². The fraction of sp³-hybridized carbons (Fsp3) is 0.375. The number of methoxy groups -OCH3 is 2. The molecule has 0 fully saturated rings. The van der Waals surface area contributed by atoms with Crippen molar-refractivity contribution in [2.24, 2.45) is 0 Å². The second-order valence-electron chi connectivity index (χ2n) is 4.78. The first kappa shape index (κ1) is 16.6. The Morgan fingerprint density at radius 2 is 2.05 bits per heavy atom. The molecular formula is C16H20N2O3S. The number of hydrogen-bond acceptors (Lipinski definition) is 5. The number of aromatic nitrogens is 1. The van der Waals surface area contributed by atoms with Gasteiger partial charge in [0.2, 0.25) is 5.91 Å². The summed E-state index contributed by atoms with van der Waals surface area (Å²) in [5, 5.41) is 3.75. The minimum absolute atomic E-state index is 0.150. The molecular weight excluding hydrogens is 300 g/mol. The van der Waals surface area contributed by atoms with Gasteiger partial charge in [-0.1, -0.05) is 30.3 Å². The third-order valence-corrected chi connectivity index (χ3v) is 4.32. The summed E-state index contributed by atoms with van der Waals surface area (Å²) in [5.41, 5.74) is 1.94. The van der Waals surface area contributed by atoms with E-state index in [1.807, 2.05) is 30.3 Å². The number of nitrogens with one attached hydrogen (secondary N) is 1. The maximum absolute atomic E-state index is 11.8. The molecule has 6 heteroatoms. The van der Waals surface area contributed by atoms with Crippen molar-refractivity contribution in [3.8, 4) is 10.4 Å². The first-order chi connectivity index (χ1) is 10.7. The van der Waals surface area contributed by atoms with Gasteiger partial charge in [-0.2, -0.15) is 0 Å². The number of hydrogen-bond donors (Lipinski definition) is 1. The maximum Gasteiger partial charge on any atom is 0.249 e. The molecule has 0 aliphatic rings. The lowest BCUT2D eigenvalue weighted by Gasteiger charge is -2.10. The third-order valence-electron chi connectivity index (χ3n) is 3.20. The molecule has 0 aliphatic heterocycles. The summed E-state index contributed by atoms with van der Waals surface area (Å²) in [6.07, 6.45) is -0.475. The Balaban J connectivity index is 2.20. The van der Waals surface area contributed by atoms with Gasteiger partial charge in [-0.05, 0) is 12.5 Å². The molecule has 1 heterocycles. The molecule has 0 spiro atoms. The second-order valence-corrected chi connectivity index (χ2v) is 5.86. The Labute approximate surface area is 134 Å². The smallest absolute Gasteiger partial charge is 0.249 e. The van der Waals surface area contributed by atoms with Crippen LogP contribution in [0, 0.1) is 0 Å². The number of rotatable bonds is 7. The number of nitrogens with zero attached hydrogens (tertiary/aromatic N) is 1. The molecule has 0 unspecified atom stereocenters. The van der Waals surface area contributed by atoms with E-state index in [9.17, 15) is 4.79 Å². The minimum Gasteiger partial charge on any atom is -0.378 e. The minimum atomic E-state index is -0.475. The number of carbonyl (C=O) groups is 1. The molecule has 1 N–H and O–H groups in total. The van der Waals surface area contributed by atoms with Crippen LogP contribution in [-0.4, -0.2) is 31.2 Å². The second kappa shape index (κ2) is 8.03. The van der Waals surface area contributed by atoms with Crippen molar-refractivity contribution in [2.45, 2.75) is 26.2 Å². The molecule has 0 bridgehead atoms. The molecule has 2 aromatic rings. The fourth-order valence-electron chi connectivity index (χ4n) is 1.94. The summed E-state index contributed by atoms with van der Waals surface area (Å²) in [6.45, 7) is 2.55. The summed E-state index contributed by atoms with van der Waals surface area (Å²) in [4.78, 5) is 17.5. The number of carbonyl (C=O) groups excluding carboxylic acids is 1. The van der Waals surface area contributed by atoms with Gasteiger partial charge in [0.1, 0.15) is 11.1 Å². The van der Waals surface area contributed by atoms with Crippen LogP contribution in [-0.2, 0) is 27.4 Å². The lowest BCUT2D eigenvalue weighted by atomic mass is 10.1. The van der Waals surface area contributed by atoms with Gasteiger partial charge in [-0.3, -0.25) is 4.79 Å². The van der Waals surface area contributed by atoms with E-state index in [0.29, 0.717) is 13.2 Å². The van der Waals surface area contributed by atoms with Crippen LogP contribution in [0.1, 0.15) is 17.6 Å².